The van der Waals surface area contributed by atoms with Gasteiger partial charge in [-0.25, -0.2) is 13.6 Å². The topological polar surface area (TPSA) is 78.5 Å². The summed E-state index contributed by atoms with van der Waals surface area (Å²) in [6.45, 7) is 1.51. The molecule has 8 heteroatoms. The number of para-hydroxylation sites is 1. The van der Waals surface area contributed by atoms with Crippen molar-refractivity contribution in [3.05, 3.63) is 29.8 Å². The van der Waals surface area contributed by atoms with Gasteiger partial charge in [0.15, 0.2) is 0 Å². The Kier molecular flexibility index (Phi) is 4.93. The molecular weight excluding hydrogens is 344 g/mol. The van der Waals surface area contributed by atoms with Gasteiger partial charge in [0, 0.05) is 0 Å². The van der Waals surface area contributed by atoms with E-state index in [1.54, 1.807) is 0 Å². The summed E-state index contributed by atoms with van der Waals surface area (Å²) in [7, 11) is 0. The molecule has 4 amide bonds. The fraction of sp³-hybridized carbons (Fsp3) is 0.500. The van der Waals surface area contributed by atoms with Crippen LogP contribution in [0.4, 0.5) is 19.3 Å². The van der Waals surface area contributed by atoms with E-state index in [2.05, 4.69) is 17.6 Å². The van der Waals surface area contributed by atoms with E-state index in [1.165, 1.54) is 6.07 Å². The third-order valence-corrected chi connectivity index (χ3v) is 5.31. The predicted octanol–water partition coefficient (Wildman–Crippen LogP) is 2.79. The first-order chi connectivity index (χ1) is 12.4. The highest BCUT2D eigenvalue weighted by Crippen LogP contribution is 2.37. The van der Waals surface area contributed by atoms with Gasteiger partial charge in [0.25, 0.3) is 5.91 Å². The molecule has 1 spiro atoms. The van der Waals surface area contributed by atoms with Crippen molar-refractivity contribution in [3.8, 4) is 0 Å². The second kappa shape index (κ2) is 7.01. The number of amides is 4. The first-order valence-corrected chi connectivity index (χ1v) is 8.74. The zero-order valence-corrected chi connectivity index (χ0v) is 14.5. The quantitative estimate of drug-likeness (QED) is 0.806. The molecule has 1 aliphatic carbocycles. The van der Waals surface area contributed by atoms with E-state index in [-0.39, 0.29) is 0 Å². The summed E-state index contributed by atoms with van der Waals surface area (Å²) in [4.78, 5) is 37.9. The number of carbonyl (C=O) groups excluding carboxylic acids is 3. The van der Waals surface area contributed by atoms with Crippen molar-refractivity contribution in [2.24, 2.45) is 5.92 Å². The highest BCUT2D eigenvalue weighted by molar-refractivity contribution is 6.10. The molecule has 1 aromatic rings. The molecule has 2 aliphatic rings. The maximum absolute atomic E-state index is 13.6. The van der Waals surface area contributed by atoms with Crippen molar-refractivity contribution in [2.45, 2.75) is 44.6 Å². The Bertz CT molecular complexity index is 725. The normalized spacial score (nSPS) is 25.5. The van der Waals surface area contributed by atoms with Gasteiger partial charge >= 0.3 is 6.03 Å². The first-order valence-electron chi connectivity index (χ1n) is 8.74. The Balaban J connectivity index is 1.67. The van der Waals surface area contributed by atoms with Crippen molar-refractivity contribution in [1.29, 1.82) is 0 Å². The molecule has 0 atom stereocenters. The SMILES string of the molecule is CCC1CCC2(CC1)NC(=O)N(CC(=O)Nc1c(F)cccc1F)C2=O. The second-order valence-corrected chi connectivity index (χ2v) is 6.90. The molecule has 1 aromatic carbocycles. The maximum atomic E-state index is 13.6. The predicted molar refractivity (Wildman–Crippen MR) is 90.2 cm³/mol. The highest BCUT2D eigenvalue weighted by atomic mass is 19.1. The van der Waals surface area contributed by atoms with Crippen molar-refractivity contribution >= 4 is 23.5 Å². The average Bonchev–Trinajstić information content (AvgIpc) is 2.83. The van der Waals surface area contributed by atoms with Gasteiger partial charge in [-0.1, -0.05) is 19.4 Å². The van der Waals surface area contributed by atoms with E-state index in [9.17, 15) is 23.2 Å². The number of nitrogens with one attached hydrogen (secondary N) is 2. The lowest BCUT2D eigenvalue weighted by atomic mass is 9.75. The molecular formula is C18H21F2N3O3. The summed E-state index contributed by atoms with van der Waals surface area (Å²) in [5, 5.41) is 4.81. The molecule has 140 valence electrons. The molecule has 0 bridgehead atoms. The van der Waals surface area contributed by atoms with Gasteiger partial charge in [-0.2, -0.15) is 0 Å². The standard InChI is InChI=1S/C18H21F2N3O3/c1-2-11-6-8-18(9-7-11)16(25)23(17(26)22-18)10-14(24)21-15-12(19)4-3-5-13(15)20/h3-5,11H,2,6-10H2,1H3,(H,21,24)(H,22,26). The van der Waals surface area contributed by atoms with Crippen molar-refractivity contribution in [1.82, 2.24) is 10.2 Å². The Morgan fingerprint density at radius 2 is 1.88 bits per heavy atom. The molecule has 26 heavy (non-hydrogen) atoms. The van der Waals surface area contributed by atoms with E-state index in [0.717, 1.165) is 36.3 Å². The third-order valence-electron chi connectivity index (χ3n) is 5.31. The Morgan fingerprint density at radius 1 is 1.27 bits per heavy atom. The molecule has 3 rings (SSSR count). The number of hydrogen-bond acceptors (Lipinski definition) is 3. The van der Waals surface area contributed by atoms with Crippen LogP contribution in [0.2, 0.25) is 0 Å². The summed E-state index contributed by atoms with van der Waals surface area (Å²) < 4.78 is 27.2. The van der Waals surface area contributed by atoms with E-state index in [1.807, 2.05) is 0 Å². The number of urea groups is 1. The minimum absolute atomic E-state index is 0.443. The third kappa shape index (κ3) is 3.27. The van der Waals surface area contributed by atoms with E-state index < -0.39 is 47.3 Å². The summed E-state index contributed by atoms with van der Waals surface area (Å²) in [6, 6.07) is 2.55. The van der Waals surface area contributed by atoms with Crippen LogP contribution in [0.15, 0.2) is 18.2 Å². The van der Waals surface area contributed by atoms with Crippen LogP contribution in [0.3, 0.4) is 0 Å². The molecule has 1 aliphatic heterocycles. The summed E-state index contributed by atoms with van der Waals surface area (Å²) in [6.07, 6.45) is 3.77. The van der Waals surface area contributed by atoms with Gasteiger partial charge in [-0.05, 0) is 43.7 Å². The Hall–Kier alpha value is -2.51. The Labute approximate surface area is 149 Å². The maximum Gasteiger partial charge on any atom is 0.325 e. The molecule has 0 radical (unpaired) electrons. The molecule has 1 heterocycles. The Morgan fingerprint density at radius 3 is 2.46 bits per heavy atom. The molecule has 6 nitrogen and oxygen atoms in total. The number of anilines is 1. The van der Waals surface area contributed by atoms with E-state index >= 15 is 0 Å². The van der Waals surface area contributed by atoms with Gasteiger partial charge in [0.2, 0.25) is 5.91 Å². The van der Waals surface area contributed by atoms with Gasteiger partial charge < -0.3 is 10.6 Å². The van der Waals surface area contributed by atoms with Crippen molar-refractivity contribution in [2.75, 3.05) is 11.9 Å². The number of benzene rings is 1. The van der Waals surface area contributed by atoms with Crippen molar-refractivity contribution < 1.29 is 23.2 Å². The van der Waals surface area contributed by atoms with Crippen LogP contribution in [0.1, 0.15) is 39.0 Å². The van der Waals surface area contributed by atoms with E-state index in [4.69, 9.17) is 0 Å². The fourth-order valence-electron chi connectivity index (χ4n) is 3.68. The van der Waals surface area contributed by atoms with Crippen LogP contribution in [-0.4, -0.2) is 34.8 Å². The monoisotopic (exact) mass is 365 g/mol. The first kappa shape index (κ1) is 18.3. The molecule has 2 N–H and O–H groups in total. The van der Waals surface area contributed by atoms with Crippen LogP contribution in [-0.2, 0) is 9.59 Å². The van der Waals surface area contributed by atoms with E-state index in [0.29, 0.717) is 18.8 Å². The summed E-state index contributed by atoms with van der Waals surface area (Å²) >= 11 is 0. The number of rotatable bonds is 4. The average molecular weight is 365 g/mol. The van der Waals surface area contributed by atoms with Crippen LogP contribution in [0, 0.1) is 17.6 Å². The van der Waals surface area contributed by atoms with Crippen LogP contribution >= 0.6 is 0 Å². The minimum Gasteiger partial charge on any atom is -0.323 e. The second-order valence-electron chi connectivity index (χ2n) is 6.90. The lowest BCUT2D eigenvalue weighted by molar-refractivity contribution is -0.135. The number of carbonyl (C=O) groups is 3. The van der Waals surface area contributed by atoms with Gasteiger partial charge in [-0.15, -0.1) is 0 Å². The zero-order chi connectivity index (χ0) is 18.9. The highest BCUT2D eigenvalue weighted by Gasteiger charge is 2.52. The van der Waals surface area contributed by atoms with Crippen LogP contribution in [0.25, 0.3) is 0 Å². The van der Waals surface area contributed by atoms with Gasteiger partial charge in [0.1, 0.15) is 29.4 Å². The molecule has 0 unspecified atom stereocenters. The number of hydrogen-bond donors (Lipinski definition) is 2. The molecule has 1 saturated carbocycles. The van der Waals surface area contributed by atoms with Crippen LogP contribution < -0.4 is 10.6 Å². The van der Waals surface area contributed by atoms with Gasteiger partial charge in [0.05, 0.1) is 0 Å². The fourth-order valence-corrected chi connectivity index (χ4v) is 3.68. The lowest BCUT2D eigenvalue weighted by Crippen LogP contribution is -2.49. The minimum atomic E-state index is -0.952. The summed E-state index contributed by atoms with van der Waals surface area (Å²) in [5.41, 5.74) is -1.55. The summed E-state index contributed by atoms with van der Waals surface area (Å²) in [5.74, 6) is -2.60. The van der Waals surface area contributed by atoms with Crippen LogP contribution in [0.5, 0.6) is 0 Å². The van der Waals surface area contributed by atoms with Crippen molar-refractivity contribution in [3.63, 3.8) is 0 Å². The molecule has 2 fully saturated rings. The number of imide groups is 1. The molecule has 0 aromatic heterocycles. The largest absolute Gasteiger partial charge is 0.325 e. The molecule has 1 saturated heterocycles. The van der Waals surface area contributed by atoms with Gasteiger partial charge in [-0.3, -0.25) is 14.5 Å². The lowest BCUT2D eigenvalue weighted by Gasteiger charge is -2.34. The smallest absolute Gasteiger partial charge is 0.323 e. The number of nitrogens with zero attached hydrogens (tertiary/aromatic N) is 1. The zero-order valence-electron chi connectivity index (χ0n) is 14.5. The number of halogens is 2.